The van der Waals surface area contributed by atoms with Gasteiger partial charge in [0.25, 0.3) is 0 Å². The van der Waals surface area contributed by atoms with Gasteiger partial charge >= 0.3 is 0 Å². The fourth-order valence-corrected chi connectivity index (χ4v) is 5.89. The van der Waals surface area contributed by atoms with Crippen LogP contribution in [0.4, 0.5) is 27.2 Å². The fourth-order valence-electron chi connectivity index (χ4n) is 3.81. The zero-order valence-corrected chi connectivity index (χ0v) is 25.8. The number of fused-ring (bicyclic) bond motifs is 1. The van der Waals surface area contributed by atoms with Crippen LogP contribution in [0.1, 0.15) is 41.0 Å². The highest BCUT2D eigenvalue weighted by molar-refractivity contribution is 7.30. The summed E-state index contributed by atoms with van der Waals surface area (Å²) in [6.45, 7) is 13.0. The molecule has 0 radical (unpaired) electrons. The Hall–Kier alpha value is -3.40. The first-order valence-electron chi connectivity index (χ1n) is 13.2. The largest absolute Gasteiger partial charge is 0.488 e. The summed E-state index contributed by atoms with van der Waals surface area (Å²) in [4.78, 5) is 7.73. The first-order chi connectivity index (χ1) is 19.4. The topological polar surface area (TPSA) is 74.8 Å². The van der Waals surface area contributed by atoms with Crippen LogP contribution in [0.2, 0.25) is 5.02 Å². The summed E-state index contributed by atoms with van der Waals surface area (Å²) >= 11 is 9.35. The summed E-state index contributed by atoms with van der Waals surface area (Å²) in [5.74, 6) is 0.614. The minimum absolute atomic E-state index is 0.448. The summed E-state index contributed by atoms with van der Waals surface area (Å²) in [7, 11) is 0. The lowest BCUT2D eigenvalue weighted by molar-refractivity contribution is 0.362. The Morgan fingerprint density at radius 1 is 0.925 bits per heavy atom. The van der Waals surface area contributed by atoms with Crippen molar-refractivity contribution in [1.82, 2.24) is 4.98 Å². The van der Waals surface area contributed by atoms with Crippen LogP contribution < -0.4 is 9.64 Å². The van der Waals surface area contributed by atoms with Gasteiger partial charge in [0.05, 0.1) is 21.1 Å². The summed E-state index contributed by atoms with van der Waals surface area (Å²) in [6, 6.07) is 15.4. The average Bonchev–Trinajstić information content (AvgIpc) is 3.51. The highest BCUT2D eigenvalue weighted by atomic mass is 35.5. The van der Waals surface area contributed by atoms with E-state index >= 15 is 0 Å². The van der Waals surface area contributed by atoms with Gasteiger partial charge < -0.3 is 9.64 Å². The molecule has 7 nitrogen and oxygen atoms in total. The van der Waals surface area contributed by atoms with E-state index in [-0.39, 0.29) is 0 Å². The first-order valence-corrected chi connectivity index (χ1v) is 15.2. The third-order valence-corrected chi connectivity index (χ3v) is 8.37. The minimum Gasteiger partial charge on any atom is -0.488 e. The summed E-state index contributed by atoms with van der Waals surface area (Å²) in [5, 5.41) is 19.3. The number of halogens is 1. The monoisotopic (exact) mass is 592 g/mol. The highest BCUT2D eigenvalue weighted by Gasteiger charge is 2.09. The average molecular weight is 593 g/mol. The van der Waals surface area contributed by atoms with Gasteiger partial charge in [-0.3, -0.25) is 0 Å². The Morgan fingerprint density at radius 3 is 2.33 bits per heavy atom. The van der Waals surface area contributed by atoms with Gasteiger partial charge in [-0.1, -0.05) is 58.4 Å². The number of azo groups is 2. The number of rotatable bonds is 12. The van der Waals surface area contributed by atoms with E-state index in [9.17, 15) is 0 Å². The first kappa shape index (κ1) is 29.6. The molecule has 4 aromatic rings. The normalized spacial score (nSPS) is 12.8. The van der Waals surface area contributed by atoms with Crippen LogP contribution >= 0.6 is 34.3 Å². The number of ether oxygens (including phenoxy) is 1. The van der Waals surface area contributed by atoms with E-state index in [0.29, 0.717) is 28.2 Å². The molecule has 0 atom stereocenters. The molecule has 0 spiro atoms. The Balaban J connectivity index is 1.35. The molecule has 0 N–H and O–H groups in total. The molecular weight excluding hydrogens is 560 g/mol. The van der Waals surface area contributed by atoms with Gasteiger partial charge in [0.2, 0.25) is 5.13 Å². The molecule has 2 aromatic carbocycles. The molecule has 0 aliphatic carbocycles. The summed E-state index contributed by atoms with van der Waals surface area (Å²) < 4.78 is 6.82. The fraction of sp³-hybridized carbons (Fsp3) is 0.300. The van der Waals surface area contributed by atoms with Crippen molar-refractivity contribution in [2.75, 3.05) is 24.6 Å². The molecule has 2 heterocycles. The van der Waals surface area contributed by atoms with Crippen molar-refractivity contribution >= 4 is 71.0 Å². The van der Waals surface area contributed by atoms with Gasteiger partial charge in [-0.25, -0.2) is 4.98 Å². The molecule has 208 valence electrons. The third-order valence-electron chi connectivity index (χ3n) is 6.15. The molecule has 0 saturated heterocycles. The van der Waals surface area contributed by atoms with E-state index in [1.807, 2.05) is 36.4 Å². The van der Waals surface area contributed by atoms with Crippen molar-refractivity contribution in [3.05, 3.63) is 76.9 Å². The van der Waals surface area contributed by atoms with E-state index in [4.69, 9.17) is 16.3 Å². The molecule has 0 amide bonds. The number of thiazole rings is 1. The van der Waals surface area contributed by atoms with E-state index < -0.39 is 0 Å². The smallest absolute Gasteiger partial charge is 0.231 e. The van der Waals surface area contributed by atoms with Crippen molar-refractivity contribution in [3.8, 4) is 5.75 Å². The Bertz CT molecular complexity index is 1520. The Morgan fingerprint density at radius 2 is 1.65 bits per heavy atom. The third kappa shape index (κ3) is 8.06. The maximum atomic E-state index is 6.42. The van der Waals surface area contributed by atoms with Crippen LogP contribution in [0, 0.1) is 0 Å². The van der Waals surface area contributed by atoms with Gasteiger partial charge in [-0.15, -0.1) is 20.5 Å². The van der Waals surface area contributed by atoms with E-state index in [1.54, 1.807) is 6.07 Å². The van der Waals surface area contributed by atoms with Crippen molar-refractivity contribution < 1.29 is 4.74 Å². The molecule has 0 aliphatic heterocycles. The second-order valence-corrected chi connectivity index (χ2v) is 11.5. The molecule has 40 heavy (non-hydrogen) atoms. The van der Waals surface area contributed by atoms with Crippen molar-refractivity contribution in [1.29, 1.82) is 0 Å². The van der Waals surface area contributed by atoms with E-state index in [2.05, 4.69) is 83.2 Å². The molecular formula is C30H33ClN6OS2. The predicted molar refractivity (Wildman–Crippen MR) is 171 cm³/mol. The summed E-state index contributed by atoms with van der Waals surface area (Å²) in [5.41, 5.74) is 5.13. The SMILES string of the molecule is CC/C(C)=C/C(C)=C/COc1ccc(N=Nc2cc3sc(N=Nc4ccc(N(CC)CC)cc4)nc3s2)cc1Cl. The van der Waals surface area contributed by atoms with Crippen LogP contribution in [0.5, 0.6) is 5.75 Å². The number of aromatic nitrogens is 1. The lowest BCUT2D eigenvalue weighted by atomic mass is 10.1. The maximum absolute atomic E-state index is 6.42. The molecule has 0 fully saturated rings. The van der Waals surface area contributed by atoms with Crippen LogP contribution in [0.15, 0.2) is 92.3 Å². The van der Waals surface area contributed by atoms with Gasteiger partial charge in [0.15, 0.2) is 0 Å². The molecule has 10 heteroatoms. The number of hydrogen-bond acceptors (Lipinski definition) is 9. The lowest BCUT2D eigenvalue weighted by Crippen LogP contribution is -2.21. The number of nitrogens with zero attached hydrogens (tertiary/aromatic N) is 6. The van der Waals surface area contributed by atoms with Crippen molar-refractivity contribution in [2.45, 2.75) is 41.0 Å². The lowest BCUT2D eigenvalue weighted by Gasteiger charge is -2.20. The molecule has 0 saturated carbocycles. The highest BCUT2D eigenvalue weighted by Crippen LogP contribution is 2.39. The maximum Gasteiger partial charge on any atom is 0.231 e. The zero-order chi connectivity index (χ0) is 28.5. The zero-order valence-electron chi connectivity index (χ0n) is 23.4. The van der Waals surface area contributed by atoms with Crippen LogP contribution in [0.25, 0.3) is 9.53 Å². The van der Waals surface area contributed by atoms with Gasteiger partial charge in [-0.05, 0) is 88.7 Å². The molecule has 0 aliphatic rings. The van der Waals surface area contributed by atoms with Gasteiger partial charge in [-0.2, -0.15) is 0 Å². The molecule has 4 rings (SSSR count). The van der Waals surface area contributed by atoms with Gasteiger partial charge in [0.1, 0.15) is 22.2 Å². The number of benzene rings is 2. The molecule has 2 aromatic heterocycles. The molecule has 0 unspecified atom stereocenters. The quantitative estimate of drug-likeness (QED) is 0.121. The molecule has 0 bridgehead atoms. The van der Waals surface area contributed by atoms with Gasteiger partial charge in [0, 0.05) is 18.8 Å². The number of hydrogen-bond donors (Lipinski definition) is 0. The minimum atomic E-state index is 0.448. The Kier molecular flexibility index (Phi) is 10.6. The number of anilines is 1. The van der Waals surface area contributed by atoms with Crippen molar-refractivity contribution in [2.24, 2.45) is 20.5 Å². The summed E-state index contributed by atoms with van der Waals surface area (Å²) in [6.07, 6.45) is 5.24. The second kappa shape index (κ2) is 14.3. The number of allylic oxidation sites excluding steroid dienone is 3. The van der Waals surface area contributed by atoms with E-state index in [1.165, 1.54) is 39.5 Å². The standard InChI is InChI=1S/C30H33ClN6OS2/c1-6-20(4)17-21(5)15-16-38-26-14-11-23(18-25(26)31)34-35-28-19-27-29(40-28)32-30(39-27)36-33-22-9-12-24(13-10-22)37(7-2)8-3/h9-15,17-19H,6-8,16H2,1-5H3/b20-17+,21-15+,35-34?,36-33?. The van der Waals surface area contributed by atoms with Crippen LogP contribution in [-0.2, 0) is 0 Å². The Labute approximate surface area is 248 Å². The van der Waals surface area contributed by atoms with Crippen molar-refractivity contribution in [3.63, 3.8) is 0 Å². The van der Waals surface area contributed by atoms with E-state index in [0.717, 1.165) is 39.7 Å². The van der Waals surface area contributed by atoms with Crippen LogP contribution in [-0.4, -0.2) is 24.7 Å². The van der Waals surface area contributed by atoms with Crippen LogP contribution in [0.3, 0.4) is 0 Å². The predicted octanol–water partition coefficient (Wildman–Crippen LogP) is 11.4. The number of thiophene rings is 1. The second-order valence-electron chi connectivity index (χ2n) is 9.06.